The molecular weight excluding hydrogens is 256 g/mol. The number of aromatic nitrogens is 3. The number of rotatable bonds is 2. The summed E-state index contributed by atoms with van der Waals surface area (Å²) < 4.78 is 21.9. The van der Waals surface area contributed by atoms with Gasteiger partial charge in [0.2, 0.25) is 0 Å². The molecule has 3 rings (SSSR count). The maximum Gasteiger partial charge on any atom is 0.168 e. The van der Waals surface area contributed by atoms with Crippen LogP contribution in [-0.4, -0.2) is 29.2 Å². The van der Waals surface area contributed by atoms with E-state index in [0.29, 0.717) is 29.0 Å². The average molecular weight is 271 g/mol. The monoisotopic (exact) mass is 271 g/mol. The van der Waals surface area contributed by atoms with Crippen molar-refractivity contribution in [3.63, 3.8) is 0 Å². The third-order valence-electron chi connectivity index (χ3n) is 3.71. The SMILES string of the molecule is [B]c1ccc(-c2nncn2C2CCCCO2)c(F)c1C. The van der Waals surface area contributed by atoms with Crippen LogP contribution in [0.5, 0.6) is 0 Å². The van der Waals surface area contributed by atoms with Gasteiger partial charge in [0.05, 0.1) is 5.56 Å². The fourth-order valence-corrected chi connectivity index (χ4v) is 2.46. The first-order chi connectivity index (χ1) is 9.68. The molecule has 0 N–H and O–H groups in total. The molecule has 0 amide bonds. The molecule has 4 nitrogen and oxygen atoms in total. The fraction of sp³-hybridized carbons (Fsp3) is 0.429. The Hall–Kier alpha value is -1.69. The number of hydrogen-bond donors (Lipinski definition) is 0. The van der Waals surface area contributed by atoms with Crippen molar-refractivity contribution < 1.29 is 9.13 Å². The number of ether oxygens (including phenoxy) is 1. The van der Waals surface area contributed by atoms with Crippen molar-refractivity contribution in [2.45, 2.75) is 32.4 Å². The van der Waals surface area contributed by atoms with Gasteiger partial charge >= 0.3 is 0 Å². The van der Waals surface area contributed by atoms with Gasteiger partial charge < -0.3 is 4.74 Å². The molecule has 1 aromatic carbocycles. The molecule has 1 aromatic heterocycles. The van der Waals surface area contributed by atoms with Crippen LogP contribution in [0.4, 0.5) is 4.39 Å². The molecule has 2 radical (unpaired) electrons. The molecule has 0 spiro atoms. The van der Waals surface area contributed by atoms with Gasteiger partial charge in [-0.05, 0) is 37.8 Å². The lowest BCUT2D eigenvalue weighted by atomic mass is 9.89. The Morgan fingerprint density at radius 1 is 1.40 bits per heavy atom. The largest absolute Gasteiger partial charge is 0.358 e. The van der Waals surface area contributed by atoms with Gasteiger partial charge in [-0.25, -0.2) is 4.39 Å². The summed E-state index contributed by atoms with van der Waals surface area (Å²) in [5, 5.41) is 7.95. The molecule has 2 heterocycles. The molecule has 20 heavy (non-hydrogen) atoms. The molecule has 1 fully saturated rings. The zero-order valence-corrected chi connectivity index (χ0v) is 11.3. The highest BCUT2D eigenvalue weighted by atomic mass is 19.1. The smallest absolute Gasteiger partial charge is 0.168 e. The Labute approximate surface area is 118 Å². The van der Waals surface area contributed by atoms with Crippen LogP contribution in [0.15, 0.2) is 18.5 Å². The fourth-order valence-electron chi connectivity index (χ4n) is 2.46. The maximum absolute atomic E-state index is 14.4. The Bertz CT molecular complexity index is 623. The lowest BCUT2D eigenvalue weighted by Gasteiger charge is -2.24. The normalized spacial score (nSPS) is 19.2. The highest BCUT2D eigenvalue weighted by Crippen LogP contribution is 2.28. The van der Waals surface area contributed by atoms with Crippen molar-refractivity contribution in [3.05, 3.63) is 29.8 Å². The van der Waals surface area contributed by atoms with Gasteiger partial charge in [0.1, 0.15) is 26.2 Å². The van der Waals surface area contributed by atoms with E-state index in [2.05, 4.69) is 10.2 Å². The van der Waals surface area contributed by atoms with Gasteiger partial charge in [0.25, 0.3) is 0 Å². The van der Waals surface area contributed by atoms with Crippen LogP contribution in [-0.2, 0) is 4.74 Å². The summed E-state index contributed by atoms with van der Waals surface area (Å²) in [5.74, 6) is 0.132. The first-order valence-electron chi connectivity index (χ1n) is 6.74. The molecule has 0 aliphatic carbocycles. The highest BCUT2D eigenvalue weighted by Gasteiger charge is 2.22. The predicted octanol–water partition coefficient (Wildman–Crippen LogP) is 1.89. The Kier molecular flexibility index (Phi) is 3.57. The van der Waals surface area contributed by atoms with Gasteiger partial charge in [0, 0.05) is 6.61 Å². The van der Waals surface area contributed by atoms with E-state index in [1.165, 1.54) is 0 Å². The predicted molar refractivity (Wildman–Crippen MR) is 74.4 cm³/mol. The third kappa shape index (κ3) is 2.24. The summed E-state index contributed by atoms with van der Waals surface area (Å²) in [4.78, 5) is 0. The second-order valence-electron chi connectivity index (χ2n) is 5.02. The van der Waals surface area contributed by atoms with Crippen LogP contribution in [0.2, 0.25) is 0 Å². The first-order valence-corrected chi connectivity index (χ1v) is 6.74. The summed E-state index contributed by atoms with van der Waals surface area (Å²) in [5.41, 5.74) is 1.27. The summed E-state index contributed by atoms with van der Waals surface area (Å²) in [6.07, 6.45) is 4.51. The summed E-state index contributed by atoms with van der Waals surface area (Å²) in [6.45, 7) is 2.37. The van der Waals surface area contributed by atoms with E-state index >= 15 is 0 Å². The number of hydrogen-bond acceptors (Lipinski definition) is 3. The van der Waals surface area contributed by atoms with Gasteiger partial charge in [-0.1, -0.05) is 11.5 Å². The van der Waals surface area contributed by atoms with E-state index in [-0.39, 0.29) is 12.0 Å². The minimum Gasteiger partial charge on any atom is -0.358 e. The Balaban J connectivity index is 2.03. The minimum atomic E-state index is -0.352. The number of nitrogens with zero attached hydrogens (tertiary/aromatic N) is 3. The zero-order chi connectivity index (χ0) is 14.1. The number of halogens is 1. The van der Waals surface area contributed by atoms with E-state index in [1.807, 2.05) is 0 Å². The van der Waals surface area contributed by atoms with Gasteiger partial charge in [0.15, 0.2) is 5.82 Å². The topological polar surface area (TPSA) is 39.9 Å². The van der Waals surface area contributed by atoms with Gasteiger partial charge in [-0.15, -0.1) is 10.2 Å². The van der Waals surface area contributed by atoms with Crippen LogP contribution in [0.3, 0.4) is 0 Å². The molecule has 102 valence electrons. The second kappa shape index (κ2) is 5.36. The van der Waals surface area contributed by atoms with Crippen LogP contribution >= 0.6 is 0 Å². The van der Waals surface area contributed by atoms with Crippen molar-refractivity contribution in [2.75, 3.05) is 6.61 Å². The molecule has 1 saturated heterocycles. The standard InChI is InChI=1S/C14H15BFN3O/c1-9-11(15)6-5-10(13(9)16)14-18-17-8-19(14)12-4-2-3-7-20-12/h5-6,8,12H,2-4,7H2,1H3. The molecule has 0 saturated carbocycles. The van der Waals surface area contributed by atoms with Crippen LogP contribution < -0.4 is 5.46 Å². The van der Waals surface area contributed by atoms with Crippen LogP contribution in [0.25, 0.3) is 11.4 Å². The van der Waals surface area contributed by atoms with Gasteiger partial charge in [-0.2, -0.15) is 0 Å². The molecule has 6 heteroatoms. The molecule has 1 unspecified atom stereocenters. The minimum absolute atomic E-state index is 0.119. The van der Waals surface area contributed by atoms with Crippen molar-refractivity contribution in [3.8, 4) is 11.4 Å². The van der Waals surface area contributed by atoms with Crippen molar-refractivity contribution in [1.29, 1.82) is 0 Å². The van der Waals surface area contributed by atoms with Crippen molar-refractivity contribution in [2.24, 2.45) is 0 Å². The van der Waals surface area contributed by atoms with Gasteiger partial charge in [-0.3, -0.25) is 4.57 Å². The first kappa shape index (κ1) is 13.3. The third-order valence-corrected chi connectivity index (χ3v) is 3.71. The zero-order valence-electron chi connectivity index (χ0n) is 11.3. The van der Waals surface area contributed by atoms with Crippen molar-refractivity contribution in [1.82, 2.24) is 14.8 Å². The quantitative estimate of drug-likeness (QED) is 0.783. The Morgan fingerprint density at radius 3 is 3.00 bits per heavy atom. The van der Waals surface area contributed by atoms with E-state index < -0.39 is 0 Å². The maximum atomic E-state index is 14.4. The molecule has 2 aromatic rings. The van der Waals surface area contributed by atoms with E-state index in [9.17, 15) is 4.39 Å². The molecular formula is C14H15BFN3O. The van der Waals surface area contributed by atoms with E-state index in [4.69, 9.17) is 12.6 Å². The average Bonchev–Trinajstić information content (AvgIpc) is 2.95. The second-order valence-corrected chi connectivity index (χ2v) is 5.02. The van der Waals surface area contributed by atoms with Crippen LogP contribution in [0, 0.1) is 12.7 Å². The molecule has 0 bridgehead atoms. The summed E-state index contributed by atoms with van der Waals surface area (Å²) in [6, 6.07) is 3.33. The van der Waals surface area contributed by atoms with E-state index in [0.717, 1.165) is 19.3 Å². The molecule has 1 aliphatic rings. The summed E-state index contributed by atoms with van der Waals surface area (Å²) >= 11 is 0. The van der Waals surface area contributed by atoms with Crippen LogP contribution in [0.1, 0.15) is 31.1 Å². The highest BCUT2D eigenvalue weighted by molar-refractivity contribution is 6.33. The Morgan fingerprint density at radius 2 is 2.25 bits per heavy atom. The molecule has 1 aliphatic heterocycles. The number of benzene rings is 1. The summed E-state index contributed by atoms with van der Waals surface area (Å²) in [7, 11) is 5.72. The lowest BCUT2D eigenvalue weighted by Crippen LogP contribution is -2.19. The lowest BCUT2D eigenvalue weighted by molar-refractivity contribution is -0.0312. The van der Waals surface area contributed by atoms with Crippen molar-refractivity contribution >= 4 is 13.3 Å². The molecule has 1 atom stereocenters. The van der Waals surface area contributed by atoms with E-state index in [1.54, 1.807) is 30.0 Å².